The average Bonchev–Trinajstić information content (AvgIpc) is 3.27. The molecule has 29 heavy (non-hydrogen) atoms. The molecule has 0 saturated carbocycles. The summed E-state index contributed by atoms with van der Waals surface area (Å²) in [4.78, 5) is 12.9. The molecule has 1 aromatic heterocycles. The molecule has 0 aliphatic heterocycles. The summed E-state index contributed by atoms with van der Waals surface area (Å²) >= 11 is 0. The largest absolute Gasteiger partial charge is 0.341 e. The third-order valence-electron chi connectivity index (χ3n) is 4.73. The minimum absolute atomic E-state index is 0.186. The van der Waals surface area contributed by atoms with Gasteiger partial charge in [-0.15, -0.1) is 0 Å². The van der Waals surface area contributed by atoms with E-state index < -0.39 is 0 Å². The van der Waals surface area contributed by atoms with Crippen LogP contribution in [0.15, 0.2) is 97.3 Å². The predicted octanol–water partition coefficient (Wildman–Crippen LogP) is 4.59. The number of carbonyl (C=O) groups is 1. The molecule has 4 rings (SSSR count). The lowest BCUT2D eigenvalue weighted by molar-refractivity contribution is 0.0943. The molecule has 4 nitrogen and oxygen atoms in total. The van der Waals surface area contributed by atoms with Gasteiger partial charge in [0.15, 0.2) is 0 Å². The van der Waals surface area contributed by atoms with Crippen LogP contribution in [0.3, 0.4) is 0 Å². The van der Waals surface area contributed by atoms with Crippen molar-refractivity contribution in [2.24, 2.45) is 0 Å². The first-order chi connectivity index (χ1) is 14.2. The molecule has 1 heterocycles. The normalized spacial score (nSPS) is 11.8. The van der Waals surface area contributed by atoms with Crippen LogP contribution >= 0.6 is 0 Å². The van der Waals surface area contributed by atoms with Gasteiger partial charge in [-0.25, -0.2) is 4.39 Å². The van der Waals surface area contributed by atoms with Crippen LogP contribution in [0.4, 0.5) is 4.39 Å². The van der Waals surface area contributed by atoms with Gasteiger partial charge in [0, 0.05) is 18.0 Å². The van der Waals surface area contributed by atoms with Crippen LogP contribution < -0.4 is 5.32 Å². The predicted molar refractivity (Wildman–Crippen MR) is 110 cm³/mol. The van der Waals surface area contributed by atoms with Crippen LogP contribution in [-0.2, 0) is 6.54 Å². The topological polar surface area (TPSA) is 46.9 Å². The van der Waals surface area contributed by atoms with E-state index >= 15 is 0 Å². The molecule has 0 aliphatic carbocycles. The number of nitrogens with one attached hydrogen (secondary N) is 1. The van der Waals surface area contributed by atoms with Crippen molar-refractivity contribution in [1.82, 2.24) is 15.1 Å². The maximum atomic E-state index is 13.4. The molecule has 1 amide bonds. The van der Waals surface area contributed by atoms with Gasteiger partial charge in [0.2, 0.25) is 0 Å². The van der Waals surface area contributed by atoms with Gasteiger partial charge in [-0.2, -0.15) is 5.10 Å². The highest BCUT2D eigenvalue weighted by atomic mass is 19.1. The minimum atomic E-state index is -0.368. The summed E-state index contributed by atoms with van der Waals surface area (Å²) in [6.45, 7) is 0.650. The lowest BCUT2D eigenvalue weighted by Gasteiger charge is -2.20. The molecule has 5 heteroatoms. The van der Waals surface area contributed by atoms with E-state index in [0.717, 1.165) is 16.7 Å². The second kappa shape index (κ2) is 8.52. The van der Waals surface area contributed by atoms with Crippen LogP contribution in [0.25, 0.3) is 0 Å². The Morgan fingerprint density at radius 2 is 1.59 bits per heavy atom. The van der Waals surface area contributed by atoms with Gasteiger partial charge in [-0.1, -0.05) is 54.6 Å². The van der Waals surface area contributed by atoms with E-state index in [2.05, 4.69) is 10.4 Å². The van der Waals surface area contributed by atoms with E-state index in [1.807, 2.05) is 59.4 Å². The number of carbonyl (C=O) groups excluding carboxylic acids is 1. The fourth-order valence-corrected chi connectivity index (χ4v) is 3.22. The Hall–Kier alpha value is -3.73. The number of amides is 1. The van der Waals surface area contributed by atoms with Gasteiger partial charge >= 0.3 is 0 Å². The first-order valence-corrected chi connectivity index (χ1v) is 9.37. The van der Waals surface area contributed by atoms with Crippen molar-refractivity contribution in [2.45, 2.75) is 12.6 Å². The lowest BCUT2D eigenvalue weighted by atomic mass is 9.98. The van der Waals surface area contributed by atoms with Crippen LogP contribution in [-0.4, -0.2) is 15.7 Å². The van der Waals surface area contributed by atoms with Gasteiger partial charge < -0.3 is 5.32 Å². The number of rotatable bonds is 6. The number of nitrogens with zero attached hydrogens (tertiary/aromatic N) is 2. The molecule has 0 aliphatic rings. The third-order valence-corrected chi connectivity index (χ3v) is 4.73. The van der Waals surface area contributed by atoms with Crippen molar-refractivity contribution < 1.29 is 9.18 Å². The van der Waals surface area contributed by atoms with E-state index in [1.165, 1.54) is 12.1 Å². The van der Waals surface area contributed by atoms with Crippen LogP contribution in [0, 0.1) is 5.82 Å². The zero-order chi connectivity index (χ0) is 20.1. The summed E-state index contributed by atoms with van der Waals surface area (Å²) in [7, 11) is 0. The molecule has 1 atom stereocenters. The molecule has 0 radical (unpaired) electrons. The van der Waals surface area contributed by atoms with Crippen molar-refractivity contribution in [2.75, 3.05) is 0 Å². The van der Waals surface area contributed by atoms with E-state index in [9.17, 15) is 9.18 Å². The van der Waals surface area contributed by atoms with E-state index in [4.69, 9.17) is 0 Å². The molecule has 1 N–H and O–H groups in total. The van der Waals surface area contributed by atoms with Crippen LogP contribution in [0.2, 0.25) is 0 Å². The van der Waals surface area contributed by atoms with Gasteiger partial charge in [0.25, 0.3) is 5.91 Å². The molecule has 0 bridgehead atoms. The molecule has 0 fully saturated rings. The third kappa shape index (κ3) is 4.58. The van der Waals surface area contributed by atoms with Crippen LogP contribution in [0.5, 0.6) is 0 Å². The Kier molecular flexibility index (Phi) is 5.47. The minimum Gasteiger partial charge on any atom is -0.341 e. The van der Waals surface area contributed by atoms with Crippen LogP contribution in [0.1, 0.15) is 33.1 Å². The number of aromatic nitrogens is 2. The molecular formula is C24H20FN3O. The number of hydrogen-bond donors (Lipinski definition) is 1. The Labute approximate surface area is 168 Å². The maximum Gasteiger partial charge on any atom is 0.252 e. The summed E-state index contributed by atoms with van der Waals surface area (Å²) in [5, 5.41) is 7.26. The summed E-state index contributed by atoms with van der Waals surface area (Å²) < 4.78 is 15.2. The lowest BCUT2D eigenvalue weighted by Crippen LogP contribution is -2.29. The Morgan fingerprint density at radius 1 is 0.897 bits per heavy atom. The smallest absolute Gasteiger partial charge is 0.252 e. The number of hydrogen-bond acceptors (Lipinski definition) is 2. The Balaban J connectivity index is 1.54. The maximum absolute atomic E-state index is 13.4. The number of benzene rings is 3. The van der Waals surface area contributed by atoms with E-state index in [-0.39, 0.29) is 17.8 Å². The second-order valence-electron chi connectivity index (χ2n) is 6.77. The number of halogens is 1. The summed E-state index contributed by atoms with van der Waals surface area (Å²) in [5.74, 6) is -0.492. The highest BCUT2D eigenvalue weighted by molar-refractivity contribution is 5.94. The van der Waals surface area contributed by atoms with E-state index in [1.54, 1.807) is 30.5 Å². The van der Waals surface area contributed by atoms with Crippen molar-refractivity contribution in [3.63, 3.8) is 0 Å². The van der Waals surface area contributed by atoms with E-state index in [0.29, 0.717) is 12.1 Å². The standard InChI is InChI=1S/C24H20FN3O/c25-22-13-11-20(12-14-22)23(19-5-2-1-3-6-19)27-24(29)21-9-7-18(8-10-21)17-28-16-4-15-26-28/h1-16,23H,17H2,(H,27,29). The summed E-state index contributed by atoms with van der Waals surface area (Å²) in [6, 6.07) is 24.8. The quantitative estimate of drug-likeness (QED) is 0.528. The molecule has 4 aromatic rings. The van der Waals surface area contributed by atoms with Crippen molar-refractivity contribution in [3.8, 4) is 0 Å². The molecule has 3 aromatic carbocycles. The van der Waals surface area contributed by atoms with Crippen molar-refractivity contribution in [1.29, 1.82) is 0 Å². The highest BCUT2D eigenvalue weighted by Crippen LogP contribution is 2.23. The van der Waals surface area contributed by atoms with Crippen molar-refractivity contribution >= 4 is 5.91 Å². The Morgan fingerprint density at radius 3 is 2.24 bits per heavy atom. The SMILES string of the molecule is O=C(NC(c1ccccc1)c1ccc(F)cc1)c1ccc(Cn2cccn2)cc1. The highest BCUT2D eigenvalue weighted by Gasteiger charge is 2.18. The van der Waals surface area contributed by atoms with Gasteiger partial charge in [-0.05, 0) is 47.0 Å². The molecule has 144 valence electrons. The van der Waals surface area contributed by atoms with Gasteiger partial charge in [0.1, 0.15) is 5.82 Å². The zero-order valence-corrected chi connectivity index (χ0v) is 15.7. The zero-order valence-electron chi connectivity index (χ0n) is 15.7. The molecule has 0 saturated heterocycles. The summed E-state index contributed by atoms with van der Waals surface area (Å²) in [6.07, 6.45) is 3.63. The monoisotopic (exact) mass is 385 g/mol. The first-order valence-electron chi connectivity index (χ1n) is 9.37. The fourth-order valence-electron chi connectivity index (χ4n) is 3.22. The first kappa shape index (κ1) is 18.6. The fraction of sp³-hybridized carbons (Fsp3) is 0.0833. The second-order valence-corrected chi connectivity index (χ2v) is 6.77. The van der Waals surface area contributed by atoms with Gasteiger partial charge in [-0.3, -0.25) is 9.48 Å². The average molecular weight is 385 g/mol. The molecule has 0 spiro atoms. The molecule has 1 unspecified atom stereocenters. The summed E-state index contributed by atoms with van der Waals surface area (Å²) in [5.41, 5.74) is 3.38. The van der Waals surface area contributed by atoms with Gasteiger partial charge in [0.05, 0.1) is 12.6 Å². The van der Waals surface area contributed by atoms with Crippen molar-refractivity contribution in [3.05, 3.63) is 125 Å². The Bertz CT molecular complexity index is 1060. The molecular weight excluding hydrogens is 365 g/mol.